The number of hydrogen-bond donors (Lipinski definition) is 2. The molecule has 0 spiro atoms. The lowest BCUT2D eigenvalue weighted by molar-refractivity contribution is -0.154. The van der Waals surface area contributed by atoms with Crippen molar-refractivity contribution in [3.8, 4) is 0 Å². The highest BCUT2D eigenvalue weighted by atomic mass is 16.4. The highest BCUT2D eigenvalue weighted by molar-refractivity contribution is 5.91. The third kappa shape index (κ3) is 2.69. The Bertz CT molecular complexity index is 446. The molecular weight excluding hydrogens is 260 g/mol. The molecule has 2 rings (SSSR count). The second-order valence-corrected chi connectivity index (χ2v) is 5.24. The van der Waals surface area contributed by atoms with Crippen LogP contribution in [0.5, 0.6) is 0 Å². The van der Waals surface area contributed by atoms with Crippen molar-refractivity contribution >= 4 is 17.8 Å². The number of carbonyl (C=O) groups is 3. The van der Waals surface area contributed by atoms with Gasteiger partial charge in [0.1, 0.15) is 6.04 Å². The zero-order valence-corrected chi connectivity index (χ0v) is 11.5. The molecule has 2 amide bonds. The van der Waals surface area contributed by atoms with Crippen molar-refractivity contribution in [3.05, 3.63) is 12.2 Å². The summed E-state index contributed by atoms with van der Waals surface area (Å²) in [5, 5.41) is 12.0. The molecule has 1 aliphatic heterocycles. The Hall–Kier alpha value is -1.85. The highest BCUT2D eigenvalue weighted by Crippen LogP contribution is 2.29. The molecule has 6 heteroatoms. The van der Waals surface area contributed by atoms with Crippen LogP contribution in [0, 0.1) is 11.8 Å². The summed E-state index contributed by atoms with van der Waals surface area (Å²) in [6, 6.07) is -0.475. The predicted molar refractivity (Wildman–Crippen MR) is 71.8 cm³/mol. The molecule has 1 aliphatic carbocycles. The summed E-state index contributed by atoms with van der Waals surface area (Å²) in [6.45, 7) is 2.74. The average Bonchev–Trinajstić information content (AvgIpc) is 2.46. The molecule has 0 aromatic rings. The van der Waals surface area contributed by atoms with Crippen LogP contribution in [0.4, 0.5) is 0 Å². The smallest absolute Gasteiger partial charge is 0.307 e. The molecule has 1 fully saturated rings. The van der Waals surface area contributed by atoms with E-state index in [9.17, 15) is 19.5 Å². The number of carboxylic acid groups (broad SMARTS) is 1. The second kappa shape index (κ2) is 6.07. The normalized spacial score (nSPS) is 29.9. The molecule has 1 unspecified atom stereocenters. The third-order valence-corrected chi connectivity index (χ3v) is 4.07. The topological polar surface area (TPSA) is 86.7 Å². The van der Waals surface area contributed by atoms with E-state index in [1.807, 2.05) is 19.1 Å². The molecule has 0 radical (unpaired) electrons. The molecule has 0 bridgehead atoms. The quantitative estimate of drug-likeness (QED) is 0.732. The second-order valence-electron chi connectivity index (χ2n) is 5.24. The van der Waals surface area contributed by atoms with Gasteiger partial charge in [0.2, 0.25) is 11.8 Å². The van der Waals surface area contributed by atoms with E-state index >= 15 is 0 Å². The lowest BCUT2D eigenvalue weighted by atomic mass is 9.81. The van der Waals surface area contributed by atoms with Gasteiger partial charge in [-0.1, -0.05) is 19.1 Å². The molecule has 0 saturated carbocycles. The fourth-order valence-corrected chi connectivity index (χ4v) is 2.96. The number of carbonyl (C=O) groups excluding carboxylic acids is 2. The summed E-state index contributed by atoms with van der Waals surface area (Å²) in [7, 11) is 0. The number of piperazine rings is 1. The number of hydrogen-bond acceptors (Lipinski definition) is 3. The summed E-state index contributed by atoms with van der Waals surface area (Å²) in [5.74, 6) is -2.54. The molecule has 2 N–H and O–H groups in total. The maximum atomic E-state index is 12.6. The lowest BCUT2D eigenvalue weighted by Gasteiger charge is -2.38. The van der Waals surface area contributed by atoms with Crippen molar-refractivity contribution in [1.82, 2.24) is 10.2 Å². The molecule has 1 heterocycles. The molecule has 1 saturated heterocycles. The van der Waals surface area contributed by atoms with Gasteiger partial charge in [0.05, 0.1) is 11.8 Å². The lowest BCUT2D eigenvalue weighted by Crippen LogP contribution is -2.59. The maximum Gasteiger partial charge on any atom is 0.307 e. The minimum atomic E-state index is -0.942. The van der Waals surface area contributed by atoms with Crippen LogP contribution in [-0.4, -0.2) is 46.9 Å². The molecule has 20 heavy (non-hydrogen) atoms. The zero-order chi connectivity index (χ0) is 14.7. The van der Waals surface area contributed by atoms with E-state index in [0.29, 0.717) is 32.4 Å². The Balaban J connectivity index is 2.18. The van der Waals surface area contributed by atoms with Crippen LogP contribution in [0.25, 0.3) is 0 Å². The fraction of sp³-hybridized carbons (Fsp3) is 0.643. The standard InChI is InChI=1S/C14H20N2O4/c1-2-11-12(17)15-7-8-16(11)13(18)9-5-3-4-6-10(9)14(19)20/h3-4,9-11H,2,5-8H2,1H3,(H,15,17)(H,19,20)/t9-,10+,11?/m1/s1. The van der Waals surface area contributed by atoms with Gasteiger partial charge < -0.3 is 15.3 Å². The van der Waals surface area contributed by atoms with Crippen LogP contribution in [0.3, 0.4) is 0 Å². The zero-order valence-electron chi connectivity index (χ0n) is 11.5. The van der Waals surface area contributed by atoms with Crippen molar-refractivity contribution in [2.24, 2.45) is 11.8 Å². The predicted octanol–water partition coefficient (Wildman–Crippen LogP) is 0.390. The van der Waals surface area contributed by atoms with Crippen LogP contribution in [-0.2, 0) is 14.4 Å². The number of carboxylic acids is 1. The Kier molecular flexibility index (Phi) is 4.42. The molecular formula is C14H20N2O4. The van der Waals surface area contributed by atoms with Crippen LogP contribution < -0.4 is 5.32 Å². The van der Waals surface area contributed by atoms with Crippen molar-refractivity contribution in [1.29, 1.82) is 0 Å². The number of amides is 2. The molecule has 110 valence electrons. The third-order valence-electron chi connectivity index (χ3n) is 4.07. The van der Waals surface area contributed by atoms with E-state index in [0.717, 1.165) is 0 Å². The molecule has 0 aromatic heterocycles. The monoisotopic (exact) mass is 280 g/mol. The van der Waals surface area contributed by atoms with Gasteiger partial charge in [0.15, 0.2) is 0 Å². The van der Waals surface area contributed by atoms with Crippen LogP contribution in [0.2, 0.25) is 0 Å². The average molecular weight is 280 g/mol. The minimum absolute atomic E-state index is 0.148. The Labute approximate surface area is 117 Å². The number of nitrogens with one attached hydrogen (secondary N) is 1. The van der Waals surface area contributed by atoms with Crippen LogP contribution in [0.1, 0.15) is 26.2 Å². The van der Waals surface area contributed by atoms with Crippen molar-refractivity contribution in [2.45, 2.75) is 32.2 Å². The summed E-state index contributed by atoms with van der Waals surface area (Å²) in [6.07, 6.45) is 5.01. The number of nitrogens with zero attached hydrogens (tertiary/aromatic N) is 1. The van der Waals surface area contributed by atoms with Gasteiger partial charge in [-0.15, -0.1) is 0 Å². The fourth-order valence-electron chi connectivity index (χ4n) is 2.96. The number of aliphatic carboxylic acids is 1. The maximum absolute atomic E-state index is 12.6. The number of allylic oxidation sites excluding steroid dienone is 2. The Morgan fingerprint density at radius 1 is 1.35 bits per heavy atom. The van der Waals surface area contributed by atoms with Crippen molar-refractivity contribution in [2.75, 3.05) is 13.1 Å². The van der Waals surface area contributed by atoms with Crippen LogP contribution in [0.15, 0.2) is 12.2 Å². The van der Waals surface area contributed by atoms with Gasteiger partial charge in [-0.25, -0.2) is 0 Å². The Morgan fingerprint density at radius 3 is 2.60 bits per heavy atom. The van der Waals surface area contributed by atoms with Gasteiger partial charge in [-0.2, -0.15) is 0 Å². The number of rotatable bonds is 3. The van der Waals surface area contributed by atoms with Gasteiger partial charge >= 0.3 is 5.97 Å². The van der Waals surface area contributed by atoms with E-state index in [-0.39, 0.29) is 11.8 Å². The van der Waals surface area contributed by atoms with E-state index in [2.05, 4.69) is 5.32 Å². The summed E-state index contributed by atoms with van der Waals surface area (Å²) < 4.78 is 0. The van der Waals surface area contributed by atoms with E-state index in [1.165, 1.54) is 0 Å². The largest absolute Gasteiger partial charge is 0.481 e. The van der Waals surface area contributed by atoms with E-state index in [1.54, 1.807) is 4.90 Å². The van der Waals surface area contributed by atoms with Gasteiger partial charge in [-0.3, -0.25) is 14.4 Å². The van der Waals surface area contributed by atoms with Gasteiger partial charge in [-0.05, 0) is 19.3 Å². The first-order valence-corrected chi connectivity index (χ1v) is 7.02. The Morgan fingerprint density at radius 2 is 2.00 bits per heavy atom. The van der Waals surface area contributed by atoms with Gasteiger partial charge in [0, 0.05) is 13.1 Å². The highest BCUT2D eigenvalue weighted by Gasteiger charge is 2.40. The first-order chi connectivity index (χ1) is 9.56. The first kappa shape index (κ1) is 14.6. The van der Waals surface area contributed by atoms with Gasteiger partial charge in [0.25, 0.3) is 0 Å². The molecule has 3 atom stereocenters. The van der Waals surface area contributed by atoms with Crippen LogP contribution >= 0.6 is 0 Å². The minimum Gasteiger partial charge on any atom is -0.481 e. The summed E-state index contributed by atoms with van der Waals surface area (Å²) in [4.78, 5) is 37.3. The molecule has 6 nitrogen and oxygen atoms in total. The molecule has 2 aliphatic rings. The molecule has 0 aromatic carbocycles. The SMILES string of the molecule is CCC1C(=O)NCCN1C(=O)[C@@H]1CC=CC[C@@H]1C(=O)O. The van der Waals surface area contributed by atoms with E-state index in [4.69, 9.17) is 0 Å². The first-order valence-electron chi connectivity index (χ1n) is 7.02. The summed E-state index contributed by atoms with van der Waals surface area (Å²) >= 11 is 0. The summed E-state index contributed by atoms with van der Waals surface area (Å²) in [5.41, 5.74) is 0. The van der Waals surface area contributed by atoms with Crippen molar-refractivity contribution < 1.29 is 19.5 Å². The van der Waals surface area contributed by atoms with E-state index < -0.39 is 23.8 Å². The van der Waals surface area contributed by atoms with Crippen molar-refractivity contribution in [3.63, 3.8) is 0 Å².